The molecule has 0 saturated heterocycles. The van der Waals surface area contributed by atoms with Crippen molar-refractivity contribution in [1.29, 1.82) is 0 Å². The van der Waals surface area contributed by atoms with E-state index in [1.165, 1.54) is 18.3 Å². The van der Waals surface area contributed by atoms with Crippen LogP contribution in [0.5, 0.6) is 0 Å². The molecule has 1 aliphatic rings. The van der Waals surface area contributed by atoms with Gasteiger partial charge in [-0.25, -0.2) is 0 Å². The first kappa shape index (κ1) is 16.5. The molecule has 8 heteroatoms. The fourth-order valence-electron chi connectivity index (χ4n) is 2.50. The molecular formula is C18H16N4O3S. The molecule has 2 N–H and O–H groups in total. The second-order valence-electron chi connectivity index (χ2n) is 6.10. The number of nitrogens with one attached hydrogen (secondary N) is 2. The van der Waals surface area contributed by atoms with Crippen molar-refractivity contribution in [3.8, 4) is 10.8 Å². The Kier molecular flexibility index (Phi) is 4.26. The van der Waals surface area contributed by atoms with Gasteiger partial charge in [-0.2, -0.15) is 0 Å². The predicted molar refractivity (Wildman–Crippen MR) is 98.3 cm³/mol. The van der Waals surface area contributed by atoms with Crippen molar-refractivity contribution >= 4 is 34.5 Å². The number of nitrogens with zero attached hydrogens (tertiary/aromatic N) is 2. The Balaban J connectivity index is 1.49. The van der Waals surface area contributed by atoms with Gasteiger partial charge >= 0.3 is 0 Å². The average Bonchev–Trinajstić information content (AvgIpc) is 3.17. The lowest BCUT2D eigenvalue weighted by Crippen LogP contribution is -2.12. The van der Waals surface area contributed by atoms with Crippen LogP contribution in [0.1, 0.15) is 41.9 Å². The van der Waals surface area contributed by atoms with Gasteiger partial charge in [-0.15, -0.1) is 21.5 Å². The second kappa shape index (κ2) is 6.72. The SMILES string of the molecule is CC(=O)Nc1ccc(C(=O)Nc2ccsc2-c2nnc(C3CC3)o2)cc1. The molecule has 132 valence electrons. The summed E-state index contributed by atoms with van der Waals surface area (Å²) in [7, 11) is 0. The molecule has 3 aromatic rings. The minimum absolute atomic E-state index is 0.157. The summed E-state index contributed by atoms with van der Waals surface area (Å²) in [4.78, 5) is 24.3. The first-order valence-electron chi connectivity index (χ1n) is 8.20. The molecule has 0 bridgehead atoms. The molecule has 0 spiro atoms. The number of thiophene rings is 1. The molecule has 2 amide bonds. The highest BCUT2D eigenvalue weighted by Gasteiger charge is 2.30. The largest absolute Gasteiger partial charge is 0.420 e. The highest BCUT2D eigenvalue weighted by Crippen LogP contribution is 2.41. The van der Waals surface area contributed by atoms with Crippen LogP contribution in [0.15, 0.2) is 40.1 Å². The van der Waals surface area contributed by atoms with Gasteiger partial charge in [0.15, 0.2) is 0 Å². The van der Waals surface area contributed by atoms with Crippen molar-refractivity contribution in [2.24, 2.45) is 0 Å². The number of hydrogen-bond donors (Lipinski definition) is 2. The van der Waals surface area contributed by atoms with Gasteiger partial charge in [-0.3, -0.25) is 9.59 Å². The van der Waals surface area contributed by atoms with Crippen molar-refractivity contribution in [2.45, 2.75) is 25.7 Å². The number of benzene rings is 1. The lowest BCUT2D eigenvalue weighted by Gasteiger charge is -2.06. The summed E-state index contributed by atoms with van der Waals surface area (Å²) < 4.78 is 5.73. The number of rotatable bonds is 5. The third kappa shape index (κ3) is 3.50. The van der Waals surface area contributed by atoms with Gasteiger partial charge < -0.3 is 15.1 Å². The van der Waals surface area contributed by atoms with E-state index in [0.29, 0.717) is 34.6 Å². The topological polar surface area (TPSA) is 97.1 Å². The number of carbonyl (C=O) groups is 2. The third-order valence-corrected chi connectivity index (χ3v) is 4.84. The Bertz CT molecular complexity index is 957. The van der Waals surface area contributed by atoms with E-state index in [1.54, 1.807) is 24.3 Å². The lowest BCUT2D eigenvalue weighted by molar-refractivity contribution is -0.114. The summed E-state index contributed by atoms with van der Waals surface area (Å²) >= 11 is 1.44. The first-order chi connectivity index (χ1) is 12.6. The molecule has 4 rings (SSSR count). The first-order valence-corrected chi connectivity index (χ1v) is 9.08. The van der Waals surface area contributed by atoms with E-state index in [1.807, 2.05) is 11.4 Å². The van der Waals surface area contributed by atoms with Crippen molar-refractivity contribution in [1.82, 2.24) is 10.2 Å². The van der Waals surface area contributed by atoms with Crippen LogP contribution < -0.4 is 10.6 Å². The summed E-state index contributed by atoms with van der Waals surface area (Å²) in [6.07, 6.45) is 2.17. The number of carbonyl (C=O) groups excluding carboxylic acids is 2. The summed E-state index contributed by atoms with van der Waals surface area (Å²) in [5.74, 6) is 1.07. The number of hydrogen-bond acceptors (Lipinski definition) is 6. The van der Waals surface area contributed by atoms with E-state index in [4.69, 9.17) is 4.42 Å². The van der Waals surface area contributed by atoms with Crippen molar-refractivity contribution in [3.63, 3.8) is 0 Å². The Morgan fingerprint density at radius 1 is 1.12 bits per heavy atom. The van der Waals surface area contributed by atoms with Crippen LogP contribution in [0.2, 0.25) is 0 Å². The Labute approximate surface area is 153 Å². The van der Waals surface area contributed by atoms with E-state index < -0.39 is 0 Å². The van der Waals surface area contributed by atoms with E-state index in [9.17, 15) is 9.59 Å². The van der Waals surface area contributed by atoms with Crippen molar-refractivity contribution < 1.29 is 14.0 Å². The summed E-state index contributed by atoms with van der Waals surface area (Å²) in [5.41, 5.74) is 1.76. The summed E-state index contributed by atoms with van der Waals surface area (Å²) in [6, 6.07) is 8.50. The molecule has 1 fully saturated rings. The highest BCUT2D eigenvalue weighted by molar-refractivity contribution is 7.14. The van der Waals surface area contributed by atoms with Gasteiger partial charge in [0.05, 0.1) is 5.69 Å². The van der Waals surface area contributed by atoms with Gasteiger partial charge in [-0.05, 0) is 48.6 Å². The maximum Gasteiger partial charge on any atom is 0.259 e. The maximum atomic E-state index is 12.5. The minimum atomic E-state index is -0.249. The zero-order valence-corrected chi connectivity index (χ0v) is 14.8. The molecular weight excluding hydrogens is 352 g/mol. The van der Waals surface area contributed by atoms with Crippen LogP contribution in [0, 0.1) is 0 Å². The summed E-state index contributed by atoms with van der Waals surface area (Å²) in [5, 5.41) is 15.6. The van der Waals surface area contributed by atoms with E-state index in [-0.39, 0.29) is 11.8 Å². The fraction of sp³-hybridized carbons (Fsp3) is 0.222. The van der Waals surface area contributed by atoms with Gasteiger partial charge in [0.25, 0.3) is 11.8 Å². The van der Waals surface area contributed by atoms with Crippen LogP contribution >= 0.6 is 11.3 Å². The molecule has 1 saturated carbocycles. The van der Waals surface area contributed by atoms with Crippen LogP contribution in [0.25, 0.3) is 10.8 Å². The minimum Gasteiger partial charge on any atom is -0.420 e. The fourth-order valence-corrected chi connectivity index (χ4v) is 3.27. The normalized spacial score (nSPS) is 13.4. The van der Waals surface area contributed by atoms with E-state index in [0.717, 1.165) is 17.7 Å². The van der Waals surface area contributed by atoms with Gasteiger partial charge in [0.2, 0.25) is 11.8 Å². The molecule has 1 aromatic carbocycles. The molecule has 0 radical (unpaired) electrons. The maximum absolute atomic E-state index is 12.5. The van der Waals surface area contributed by atoms with Crippen LogP contribution in [0.4, 0.5) is 11.4 Å². The molecule has 7 nitrogen and oxygen atoms in total. The quantitative estimate of drug-likeness (QED) is 0.712. The third-order valence-electron chi connectivity index (χ3n) is 3.94. The van der Waals surface area contributed by atoms with Crippen molar-refractivity contribution in [3.05, 3.63) is 47.2 Å². The average molecular weight is 368 g/mol. The number of amides is 2. The Morgan fingerprint density at radius 2 is 1.88 bits per heavy atom. The second-order valence-corrected chi connectivity index (χ2v) is 7.01. The van der Waals surface area contributed by atoms with Crippen LogP contribution in [0.3, 0.4) is 0 Å². The van der Waals surface area contributed by atoms with Gasteiger partial charge in [0.1, 0.15) is 4.88 Å². The summed E-state index contributed by atoms with van der Waals surface area (Å²) in [6.45, 7) is 1.44. The zero-order valence-electron chi connectivity index (χ0n) is 14.0. The molecule has 0 atom stereocenters. The zero-order chi connectivity index (χ0) is 18.1. The molecule has 26 heavy (non-hydrogen) atoms. The number of aromatic nitrogens is 2. The van der Waals surface area contributed by atoms with Crippen LogP contribution in [-0.2, 0) is 4.79 Å². The Hall–Kier alpha value is -3.00. The van der Waals surface area contributed by atoms with Crippen molar-refractivity contribution in [2.75, 3.05) is 10.6 Å². The van der Waals surface area contributed by atoms with Crippen LogP contribution in [-0.4, -0.2) is 22.0 Å². The van der Waals surface area contributed by atoms with Gasteiger partial charge in [-0.1, -0.05) is 0 Å². The van der Waals surface area contributed by atoms with E-state index >= 15 is 0 Å². The highest BCUT2D eigenvalue weighted by atomic mass is 32.1. The smallest absolute Gasteiger partial charge is 0.259 e. The standard InChI is InChI=1S/C18H16N4O3S/c1-10(23)19-13-6-4-11(5-7-13)16(24)20-14-8-9-26-15(14)18-22-21-17(25-18)12-2-3-12/h4-9,12H,2-3H2,1H3,(H,19,23)(H,20,24). The van der Waals surface area contributed by atoms with E-state index in [2.05, 4.69) is 20.8 Å². The monoisotopic (exact) mass is 368 g/mol. The predicted octanol–water partition coefficient (Wildman–Crippen LogP) is 3.89. The molecule has 0 aliphatic heterocycles. The molecule has 1 aliphatic carbocycles. The number of anilines is 2. The molecule has 0 unspecified atom stereocenters. The molecule has 2 aromatic heterocycles. The molecule has 2 heterocycles. The lowest BCUT2D eigenvalue weighted by atomic mass is 10.2. The Morgan fingerprint density at radius 3 is 2.58 bits per heavy atom. The van der Waals surface area contributed by atoms with Gasteiger partial charge in [0, 0.05) is 24.1 Å².